The first-order valence-corrected chi connectivity index (χ1v) is 9.96. The molecule has 1 aliphatic heterocycles. The Bertz CT molecular complexity index is 837. The predicted octanol–water partition coefficient (Wildman–Crippen LogP) is 0.0362. The Balaban J connectivity index is 2.22. The van der Waals surface area contributed by atoms with Gasteiger partial charge in [-0.1, -0.05) is 19.9 Å². The van der Waals surface area contributed by atoms with Gasteiger partial charge in [0, 0.05) is 18.7 Å². The second-order valence-corrected chi connectivity index (χ2v) is 8.65. The van der Waals surface area contributed by atoms with Gasteiger partial charge < -0.3 is 15.7 Å². The molecule has 1 atom stereocenters. The van der Waals surface area contributed by atoms with E-state index in [9.17, 15) is 27.9 Å². The van der Waals surface area contributed by atoms with Crippen LogP contribution in [-0.4, -0.2) is 61.3 Å². The van der Waals surface area contributed by atoms with Crippen molar-refractivity contribution >= 4 is 27.8 Å². The number of aliphatic carboxylic acids is 1. The summed E-state index contributed by atoms with van der Waals surface area (Å²) >= 11 is 0. The molecule has 1 heterocycles. The number of nitrogens with zero attached hydrogens (tertiary/aromatic N) is 1. The van der Waals surface area contributed by atoms with E-state index in [-0.39, 0.29) is 42.4 Å². The van der Waals surface area contributed by atoms with Gasteiger partial charge in [0.05, 0.1) is 11.4 Å². The first-order chi connectivity index (χ1) is 12.6. The Labute approximate surface area is 157 Å². The van der Waals surface area contributed by atoms with E-state index in [2.05, 4.69) is 10.6 Å². The van der Waals surface area contributed by atoms with Crippen LogP contribution in [0.2, 0.25) is 0 Å². The number of benzene rings is 1. The van der Waals surface area contributed by atoms with Crippen molar-refractivity contribution in [2.75, 3.05) is 19.6 Å². The molecule has 1 aromatic rings. The van der Waals surface area contributed by atoms with Gasteiger partial charge in [-0.2, -0.15) is 4.31 Å². The molecule has 0 radical (unpaired) electrons. The SMILES string of the molecule is CC(C)CC(NC(=O)c1cccc(S(=O)(=O)N2CCNC(=O)C2)c1)C(=O)O. The van der Waals surface area contributed by atoms with Crippen LogP contribution >= 0.6 is 0 Å². The van der Waals surface area contributed by atoms with E-state index in [0.717, 1.165) is 4.31 Å². The van der Waals surface area contributed by atoms with Crippen molar-refractivity contribution in [2.24, 2.45) is 5.92 Å². The van der Waals surface area contributed by atoms with E-state index in [1.807, 2.05) is 13.8 Å². The molecule has 1 saturated heterocycles. The summed E-state index contributed by atoms with van der Waals surface area (Å²) in [5.41, 5.74) is 0.0348. The molecule has 10 heteroatoms. The summed E-state index contributed by atoms with van der Waals surface area (Å²) in [5, 5.41) is 14.2. The van der Waals surface area contributed by atoms with Gasteiger partial charge >= 0.3 is 5.97 Å². The highest BCUT2D eigenvalue weighted by Gasteiger charge is 2.30. The molecule has 148 valence electrons. The zero-order valence-corrected chi connectivity index (χ0v) is 16.0. The summed E-state index contributed by atoms with van der Waals surface area (Å²) in [6.45, 7) is 3.75. The van der Waals surface area contributed by atoms with Gasteiger partial charge in [0.1, 0.15) is 6.04 Å². The molecule has 1 unspecified atom stereocenters. The summed E-state index contributed by atoms with van der Waals surface area (Å²) in [5.74, 6) is -2.16. The lowest BCUT2D eigenvalue weighted by Crippen LogP contribution is -2.49. The number of piperazine rings is 1. The number of sulfonamides is 1. The number of carbonyl (C=O) groups excluding carboxylic acids is 2. The van der Waals surface area contributed by atoms with Crippen LogP contribution in [0.5, 0.6) is 0 Å². The fourth-order valence-corrected chi connectivity index (χ4v) is 4.15. The van der Waals surface area contributed by atoms with Gasteiger partial charge in [-0.05, 0) is 30.5 Å². The number of hydrogen-bond donors (Lipinski definition) is 3. The number of carboxylic acids is 1. The van der Waals surface area contributed by atoms with Gasteiger partial charge in [0.25, 0.3) is 5.91 Å². The highest BCUT2D eigenvalue weighted by Crippen LogP contribution is 2.18. The van der Waals surface area contributed by atoms with Crippen LogP contribution in [0.4, 0.5) is 0 Å². The lowest BCUT2D eigenvalue weighted by atomic mass is 10.0. The largest absolute Gasteiger partial charge is 0.480 e. The van der Waals surface area contributed by atoms with E-state index in [1.54, 1.807) is 0 Å². The Morgan fingerprint density at radius 3 is 2.63 bits per heavy atom. The molecule has 3 N–H and O–H groups in total. The van der Waals surface area contributed by atoms with Crippen LogP contribution in [0, 0.1) is 5.92 Å². The molecule has 1 fully saturated rings. The second-order valence-electron chi connectivity index (χ2n) is 6.71. The summed E-state index contributed by atoms with van der Waals surface area (Å²) in [6, 6.07) is 4.27. The van der Waals surface area contributed by atoms with Gasteiger partial charge in [0.2, 0.25) is 15.9 Å². The summed E-state index contributed by atoms with van der Waals surface area (Å²) in [6.07, 6.45) is 0.252. The summed E-state index contributed by atoms with van der Waals surface area (Å²) in [4.78, 5) is 35.1. The lowest BCUT2D eigenvalue weighted by Gasteiger charge is -2.26. The van der Waals surface area contributed by atoms with Crippen LogP contribution < -0.4 is 10.6 Å². The highest BCUT2D eigenvalue weighted by atomic mass is 32.2. The molecule has 2 amide bonds. The third-order valence-electron chi connectivity index (χ3n) is 4.05. The van der Waals surface area contributed by atoms with Crippen molar-refractivity contribution in [3.8, 4) is 0 Å². The molecule has 1 aliphatic rings. The van der Waals surface area contributed by atoms with Crippen molar-refractivity contribution < 1.29 is 27.9 Å². The minimum Gasteiger partial charge on any atom is -0.480 e. The Morgan fingerprint density at radius 2 is 2.04 bits per heavy atom. The Morgan fingerprint density at radius 1 is 1.33 bits per heavy atom. The molecule has 27 heavy (non-hydrogen) atoms. The number of rotatable bonds is 7. The standard InChI is InChI=1S/C17H23N3O6S/c1-11(2)8-14(17(23)24)19-16(22)12-4-3-5-13(9-12)27(25,26)20-7-6-18-15(21)10-20/h3-5,9,11,14H,6-8,10H2,1-2H3,(H,18,21)(H,19,22)(H,23,24). The molecule has 0 spiro atoms. The first kappa shape index (κ1) is 20.8. The summed E-state index contributed by atoms with van der Waals surface area (Å²) in [7, 11) is -3.94. The Hall–Kier alpha value is -2.46. The number of carboxylic acid groups (broad SMARTS) is 1. The van der Waals surface area contributed by atoms with Crippen LogP contribution in [0.1, 0.15) is 30.6 Å². The minimum atomic E-state index is -3.94. The molecular formula is C17H23N3O6S. The fraction of sp³-hybridized carbons (Fsp3) is 0.471. The number of hydrogen-bond acceptors (Lipinski definition) is 5. The van der Waals surface area contributed by atoms with Crippen LogP contribution in [-0.2, 0) is 19.6 Å². The maximum absolute atomic E-state index is 12.7. The van der Waals surface area contributed by atoms with Crippen molar-refractivity contribution in [3.63, 3.8) is 0 Å². The molecule has 1 aromatic carbocycles. The summed E-state index contributed by atoms with van der Waals surface area (Å²) < 4.78 is 26.5. The number of amides is 2. The van der Waals surface area contributed by atoms with Gasteiger partial charge in [-0.25, -0.2) is 13.2 Å². The molecule has 0 bridgehead atoms. The number of nitrogens with one attached hydrogen (secondary N) is 2. The van der Waals surface area contributed by atoms with Gasteiger partial charge in [0.15, 0.2) is 0 Å². The van der Waals surface area contributed by atoms with Gasteiger partial charge in [-0.15, -0.1) is 0 Å². The average Bonchev–Trinajstić information content (AvgIpc) is 2.60. The third-order valence-corrected chi connectivity index (χ3v) is 5.89. The first-order valence-electron chi connectivity index (χ1n) is 8.52. The molecule has 9 nitrogen and oxygen atoms in total. The molecule has 2 rings (SSSR count). The maximum Gasteiger partial charge on any atom is 0.326 e. The van der Waals surface area contributed by atoms with Crippen molar-refractivity contribution in [1.82, 2.24) is 14.9 Å². The zero-order valence-electron chi connectivity index (χ0n) is 15.1. The van der Waals surface area contributed by atoms with Crippen molar-refractivity contribution in [1.29, 1.82) is 0 Å². The Kier molecular flexibility index (Phi) is 6.55. The van der Waals surface area contributed by atoms with Gasteiger partial charge in [-0.3, -0.25) is 9.59 Å². The number of carbonyl (C=O) groups is 3. The molecule has 0 saturated carbocycles. The van der Waals surface area contributed by atoms with E-state index in [1.165, 1.54) is 24.3 Å². The normalized spacial score (nSPS) is 16.6. The van der Waals surface area contributed by atoms with Crippen LogP contribution in [0.15, 0.2) is 29.2 Å². The average molecular weight is 397 g/mol. The highest BCUT2D eigenvalue weighted by molar-refractivity contribution is 7.89. The zero-order chi connectivity index (χ0) is 20.2. The van der Waals surface area contributed by atoms with E-state index < -0.39 is 33.8 Å². The van der Waals surface area contributed by atoms with Crippen molar-refractivity contribution in [2.45, 2.75) is 31.2 Å². The molecule has 0 aromatic heterocycles. The van der Waals surface area contributed by atoms with Crippen molar-refractivity contribution in [3.05, 3.63) is 29.8 Å². The third kappa shape index (κ3) is 5.27. The van der Waals surface area contributed by atoms with E-state index >= 15 is 0 Å². The minimum absolute atomic E-state index is 0.0348. The van der Waals surface area contributed by atoms with Crippen LogP contribution in [0.3, 0.4) is 0 Å². The maximum atomic E-state index is 12.7. The quantitative estimate of drug-likeness (QED) is 0.595. The monoisotopic (exact) mass is 397 g/mol. The van der Waals surface area contributed by atoms with Crippen LogP contribution in [0.25, 0.3) is 0 Å². The fourth-order valence-electron chi connectivity index (χ4n) is 2.70. The van der Waals surface area contributed by atoms with E-state index in [4.69, 9.17) is 0 Å². The predicted molar refractivity (Wildman–Crippen MR) is 96.6 cm³/mol. The lowest BCUT2D eigenvalue weighted by molar-refractivity contribution is -0.139. The topological polar surface area (TPSA) is 133 Å². The molecular weight excluding hydrogens is 374 g/mol. The smallest absolute Gasteiger partial charge is 0.326 e. The second kappa shape index (κ2) is 8.49. The molecule has 0 aliphatic carbocycles. The van der Waals surface area contributed by atoms with E-state index in [0.29, 0.717) is 0 Å².